The van der Waals surface area contributed by atoms with Gasteiger partial charge in [-0.25, -0.2) is 4.98 Å². The summed E-state index contributed by atoms with van der Waals surface area (Å²) in [6, 6.07) is 18.3. The molecule has 0 radical (unpaired) electrons. The molecule has 7 nitrogen and oxygen atoms in total. The van der Waals surface area contributed by atoms with Gasteiger partial charge in [-0.15, -0.1) is 0 Å². The SMILES string of the molecule is CCC(CN(C)Cc1ccccc1)NC(=O)C1CCN(c2nc3ccccc3n(CC)c2=O)CC1. The van der Waals surface area contributed by atoms with Gasteiger partial charge in [0, 0.05) is 44.7 Å². The van der Waals surface area contributed by atoms with E-state index in [4.69, 9.17) is 4.98 Å². The van der Waals surface area contributed by atoms with Gasteiger partial charge in [0.15, 0.2) is 5.82 Å². The number of rotatable bonds is 9. The summed E-state index contributed by atoms with van der Waals surface area (Å²) in [5, 5.41) is 3.28. The summed E-state index contributed by atoms with van der Waals surface area (Å²) in [6.07, 6.45) is 2.34. The molecule has 1 saturated heterocycles. The fourth-order valence-corrected chi connectivity index (χ4v) is 4.98. The molecule has 4 rings (SSSR count). The van der Waals surface area contributed by atoms with Crippen LogP contribution in [0.5, 0.6) is 0 Å². The van der Waals surface area contributed by atoms with Crippen LogP contribution in [0.15, 0.2) is 59.4 Å². The number of hydrogen-bond donors (Lipinski definition) is 1. The van der Waals surface area contributed by atoms with Gasteiger partial charge < -0.3 is 19.7 Å². The van der Waals surface area contributed by atoms with Crippen molar-refractivity contribution in [3.63, 3.8) is 0 Å². The summed E-state index contributed by atoms with van der Waals surface area (Å²) in [7, 11) is 2.10. The van der Waals surface area contributed by atoms with Crippen molar-refractivity contribution < 1.29 is 4.79 Å². The first-order valence-electron chi connectivity index (χ1n) is 12.8. The molecular weight excluding hydrogens is 438 g/mol. The summed E-state index contributed by atoms with van der Waals surface area (Å²) in [4.78, 5) is 35.2. The first-order valence-corrected chi connectivity index (χ1v) is 12.8. The van der Waals surface area contributed by atoms with Crippen LogP contribution in [0.3, 0.4) is 0 Å². The Kier molecular flexibility index (Phi) is 8.18. The summed E-state index contributed by atoms with van der Waals surface area (Å²) in [5.74, 6) is 0.592. The van der Waals surface area contributed by atoms with E-state index in [1.165, 1.54) is 5.56 Å². The molecule has 1 N–H and O–H groups in total. The van der Waals surface area contributed by atoms with E-state index in [9.17, 15) is 9.59 Å². The van der Waals surface area contributed by atoms with Crippen LogP contribution in [-0.2, 0) is 17.9 Å². The van der Waals surface area contributed by atoms with E-state index < -0.39 is 0 Å². The van der Waals surface area contributed by atoms with Crippen molar-refractivity contribution in [3.05, 3.63) is 70.5 Å². The Labute approximate surface area is 207 Å². The third kappa shape index (κ3) is 5.90. The van der Waals surface area contributed by atoms with Gasteiger partial charge in [-0.2, -0.15) is 0 Å². The molecule has 0 saturated carbocycles. The highest BCUT2D eigenvalue weighted by Crippen LogP contribution is 2.22. The van der Waals surface area contributed by atoms with Crippen molar-refractivity contribution in [2.45, 2.75) is 52.2 Å². The lowest BCUT2D eigenvalue weighted by molar-refractivity contribution is -0.126. The molecule has 1 fully saturated rings. The van der Waals surface area contributed by atoms with E-state index in [2.05, 4.69) is 53.4 Å². The van der Waals surface area contributed by atoms with Gasteiger partial charge in [0.2, 0.25) is 5.91 Å². The number of piperidine rings is 1. The smallest absolute Gasteiger partial charge is 0.293 e. The lowest BCUT2D eigenvalue weighted by Gasteiger charge is -2.33. The van der Waals surface area contributed by atoms with Gasteiger partial charge >= 0.3 is 0 Å². The maximum atomic E-state index is 13.1. The Morgan fingerprint density at radius 1 is 1.09 bits per heavy atom. The van der Waals surface area contributed by atoms with Crippen molar-refractivity contribution in [3.8, 4) is 0 Å². The average molecular weight is 476 g/mol. The molecular formula is C28H37N5O2. The third-order valence-corrected chi connectivity index (χ3v) is 6.98. The standard InChI is InChI=1S/C28H37N5O2/c1-4-23(20-31(3)19-21-11-7-6-8-12-21)29-27(34)22-15-17-32(18-16-22)26-28(35)33(5-2)25-14-10-9-13-24(25)30-26/h6-14,22-23H,4-5,15-20H2,1-3H3,(H,29,34). The highest BCUT2D eigenvalue weighted by Gasteiger charge is 2.28. The highest BCUT2D eigenvalue weighted by atomic mass is 16.2. The summed E-state index contributed by atoms with van der Waals surface area (Å²) in [5.41, 5.74) is 2.91. The second-order valence-corrected chi connectivity index (χ2v) is 9.53. The lowest BCUT2D eigenvalue weighted by atomic mass is 9.95. The zero-order valence-corrected chi connectivity index (χ0v) is 21.1. The highest BCUT2D eigenvalue weighted by molar-refractivity contribution is 5.79. The number of amides is 1. The molecule has 0 spiro atoms. The molecule has 1 unspecified atom stereocenters. The van der Waals surface area contributed by atoms with Crippen molar-refractivity contribution in [2.75, 3.05) is 31.6 Å². The molecule has 2 aromatic carbocycles. The van der Waals surface area contributed by atoms with Gasteiger partial charge in [0.25, 0.3) is 5.56 Å². The predicted octanol–water partition coefficient (Wildman–Crippen LogP) is 3.66. The maximum absolute atomic E-state index is 13.1. The minimum absolute atomic E-state index is 0.0337. The fourth-order valence-electron chi connectivity index (χ4n) is 4.98. The number of nitrogens with zero attached hydrogens (tertiary/aromatic N) is 4. The first kappa shape index (κ1) is 24.9. The van der Waals surface area contributed by atoms with Crippen LogP contribution in [0.25, 0.3) is 11.0 Å². The Balaban J connectivity index is 1.35. The lowest BCUT2D eigenvalue weighted by Crippen LogP contribution is -2.47. The number of benzene rings is 2. The molecule has 2 heterocycles. The zero-order chi connectivity index (χ0) is 24.8. The Morgan fingerprint density at radius 2 is 1.77 bits per heavy atom. The van der Waals surface area contributed by atoms with E-state index in [-0.39, 0.29) is 23.4 Å². The number of hydrogen-bond acceptors (Lipinski definition) is 5. The van der Waals surface area contributed by atoms with E-state index in [1.807, 2.05) is 37.3 Å². The summed E-state index contributed by atoms with van der Waals surface area (Å²) in [6.45, 7) is 7.70. The zero-order valence-electron chi connectivity index (χ0n) is 21.1. The number of aromatic nitrogens is 2. The number of fused-ring (bicyclic) bond motifs is 1. The number of likely N-dealkylation sites (N-methyl/N-ethyl adjacent to an activating group) is 1. The normalized spacial score (nSPS) is 15.5. The van der Waals surface area contributed by atoms with E-state index in [0.29, 0.717) is 25.5 Å². The molecule has 35 heavy (non-hydrogen) atoms. The second kappa shape index (κ2) is 11.5. The molecule has 1 aliphatic heterocycles. The number of anilines is 1. The molecule has 7 heteroatoms. The van der Waals surface area contributed by atoms with E-state index in [1.54, 1.807) is 4.57 Å². The van der Waals surface area contributed by atoms with Gasteiger partial charge in [-0.1, -0.05) is 49.4 Å². The Morgan fingerprint density at radius 3 is 2.46 bits per heavy atom. The average Bonchev–Trinajstić information content (AvgIpc) is 2.88. The molecule has 0 bridgehead atoms. The molecule has 0 aliphatic carbocycles. The first-order chi connectivity index (χ1) is 17.0. The van der Waals surface area contributed by atoms with Crippen molar-refractivity contribution in [1.82, 2.24) is 19.8 Å². The number of nitrogens with one attached hydrogen (secondary N) is 1. The topological polar surface area (TPSA) is 70.5 Å². The van der Waals surface area contributed by atoms with Crippen molar-refractivity contribution >= 4 is 22.8 Å². The monoisotopic (exact) mass is 475 g/mol. The van der Waals surface area contributed by atoms with Gasteiger partial charge in [0.05, 0.1) is 11.0 Å². The third-order valence-electron chi connectivity index (χ3n) is 6.98. The quantitative estimate of drug-likeness (QED) is 0.512. The van der Waals surface area contributed by atoms with Crippen LogP contribution >= 0.6 is 0 Å². The summed E-state index contributed by atoms with van der Waals surface area (Å²) >= 11 is 0. The molecule has 1 aromatic heterocycles. The minimum Gasteiger partial charge on any atom is -0.352 e. The molecule has 1 atom stereocenters. The van der Waals surface area contributed by atoms with Crippen LogP contribution in [0, 0.1) is 5.92 Å². The number of carbonyl (C=O) groups excluding carboxylic acids is 1. The Hall–Kier alpha value is -3.19. The minimum atomic E-state index is -0.0541. The van der Waals surface area contributed by atoms with Crippen LogP contribution in [0.4, 0.5) is 5.82 Å². The maximum Gasteiger partial charge on any atom is 0.293 e. The van der Waals surface area contributed by atoms with Crippen molar-refractivity contribution in [2.24, 2.45) is 5.92 Å². The number of aryl methyl sites for hydroxylation is 1. The Bertz CT molecular complexity index is 1180. The molecule has 186 valence electrons. The van der Waals surface area contributed by atoms with Gasteiger partial charge in [-0.3, -0.25) is 9.59 Å². The van der Waals surface area contributed by atoms with E-state index >= 15 is 0 Å². The number of carbonyl (C=O) groups is 1. The largest absolute Gasteiger partial charge is 0.352 e. The second-order valence-electron chi connectivity index (χ2n) is 9.53. The van der Waals surface area contributed by atoms with Crippen LogP contribution < -0.4 is 15.8 Å². The molecule has 1 amide bonds. The fraction of sp³-hybridized carbons (Fsp3) is 0.464. The molecule has 3 aromatic rings. The van der Waals surface area contributed by atoms with Crippen LogP contribution in [-0.4, -0.2) is 53.1 Å². The van der Waals surface area contributed by atoms with E-state index in [0.717, 1.165) is 43.4 Å². The molecule has 1 aliphatic rings. The summed E-state index contributed by atoms with van der Waals surface area (Å²) < 4.78 is 1.79. The predicted molar refractivity (Wildman–Crippen MR) is 142 cm³/mol. The van der Waals surface area contributed by atoms with Crippen LogP contribution in [0.2, 0.25) is 0 Å². The van der Waals surface area contributed by atoms with Crippen molar-refractivity contribution in [1.29, 1.82) is 0 Å². The number of para-hydroxylation sites is 2. The van der Waals surface area contributed by atoms with Gasteiger partial charge in [-0.05, 0) is 50.9 Å². The van der Waals surface area contributed by atoms with Crippen LogP contribution in [0.1, 0.15) is 38.7 Å². The van der Waals surface area contributed by atoms with Gasteiger partial charge in [0.1, 0.15) is 0 Å².